The van der Waals surface area contributed by atoms with Crippen LogP contribution in [0, 0.1) is 0 Å². The largest absolute Gasteiger partial charge is 0.481 e. The zero-order chi connectivity index (χ0) is 15.3. The number of carbonyl (C=O) groups is 1. The van der Waals surface area contributed by atoms with E-state index in [9.17, 15) is 13.2 Å². The van der Waals surface area contributed by atoms with Crippen LogP contribution in [0.25, 0.3) is 11.0 Å². The number of aromatic nitrogens is 2. The molecule has 8 heteroatoms. The van der Waals surface area contributed by atoms with E-state index in [1.807, 2.05) is 0 Å². The average molecular weight is 311 g/mol. The fourth-order valence-corrected chi connectivity index (χ4v) is 3.25. The Morgan fingerprint density at radius 3 is 2.90 bits per heavy atom. The molecule has 3 N–H and O–H groups in total. The summed E-state index contributed by atoms with van der Waals surface area (Å²) in [6, 6.07) is 3.38. The van der Waals surface area contributed by atoms with Gasteiger partial charge in [0.15, 0.2) is 0 Å². The lowest BCUT2D eigenvalue weighted by atomic mass is 10.2. The van der Waals surface area contributed by atoms with Gasteiger partial charge in [0.1, 0.15) is 10.5 Å². The lowest BCUT2D eigenvalue weighted by molar-refractivity contribution is -0.137. The minimum Gasteiger partial charge on any atom is -0.481 e. The summed E-state index contributed by atoms with van der Waals surface area (Å²) in [5.41, 5.74) is 0.527. The molecule has 0 unspecified atom stereocenters. The number of hydrogen-bond donors (Lipinski definition) is 3. The Morgan fingerprint density at radius 2 is 2.14 bits per heavy atom. The second-order valence-electron chi connectivity index (χ2n) is 4.65. The first-order valence-corrected chi connectivity index (χ1v) is 8.12. The molecule has 0 aliphatic carbocycles. The molecular formula is C13H17N3O4S. The third-order valence-corrected chi connectivity index (χ3v) is 4.56. The Labute approximate surface area is 122 Å². The molecule has 2 aromatic heterocycles. The number of nitrogens with one attached hydrogen (secondary N) is 2. The highest BCUT2D eigenvalue weighted by Crippen LogP contribution is 2.20. The Hall–Kier alpha value is -1.93. The third-order valence-electron chi connectivity index (χ3n) is 3.06. The van der Waals surface area contributed by atoms with Gasteiger partial charge in [-0.15, -0.1) is 0 Å². The van der Waals surface area contributed by atoms with Crippen molar-refractivity contribution in [1.29, 1.82) is 0 Å². The van der Waals surface area contributed by atoms with Crippen molar-refractivity contribution in [2.75, 3.05) is 6.54 Å². The first-order valence-electron chi connectivity index (χ1n) is 6.64. The number of sulfonamides is 1. The van der Waals surface area contributed by atoms with Crippen molar-refractivity contribution in [3.63, 3.8) is 0 Å². The van der Waals surface area contributed by atoms with Crippen molar-refractivity contribution in [1.82, 2.24) is 14.7 Å². The minimum atomic E-state index is -3.58. The molecule has 7 nitrogen and oxygen atoms in total. The second-order valence-corrected chi connectivity index (χ2v) is 6.39. The van der Waals surface area contributed by atoms with E-state index < -0.39 is 16.0 Å². The quantitative estimate of drug-likeness (QED) is 0.639. The summed E-state index contributed by atoms with van der Waals surface area (Å²) < 4.78 is 26.9. The molecule has 0 aliphatic heterocycles. The predicted molar refractivity (Wildman–Crippen MR) is 77.4 cm³/mol. The Bertz CT molecular complexity index is 724. The fourth-order valence-electron chi connectivity index (χ4n) is 2.02. The molecule has 0 saturated heterocycles. The smallest absolute Gasteiger partial charge is 0.303 e. The Morgan fingerprint density at radius 1 is 1.33 bits per heavy atom. The van der Waals surface area contributed by atoms with Crippen molar-refractivity contribution in [3.8, 4) is 0 Å². The molecule has 0 radical (unpaired) electrons. The van der Waals surface area contributed by atoms with Crippen LogP contribution in [0.1, 0.15) is 25.7 Å². The maximum absolute atomic E-state index is 12.2. The summed E-state index contributed by atoms with van der Waals surface area (Å²) in [6.45, 7) is 0.287. The fraction of sp³-hybridized carbons (Fsp3) is 0.385. The highest BCUT2D eigenvalue weighted by molar-refractivity contribution is 7.89. The van der Waals surface area contributed by atoms with E-state index in [0.717, 1.165) is 0 Å². The van der Waals surface area contributed by atoms with E-state index in [4.69, 9.17) is 5.11 Å². The second kappa shape index (κ2) is 6.68. The van der Waals surface area contributed by atoms with E-state index in [2.05, 4.69) is 14.7 Å². The summed E-state index contributed by atoms with van der Waals surface area (Å²) in [5.74, 6) is -0.832. The van der Waals surface area contributed by atoms with Crippen molar-refractivity contribution in [2.45, 2.75) is 30.6 Å². The number of nitrogens with zero attached hydrogens (tertiary/aromatic N) is 1. The van der Waals surface area contributed by atoms with Gasteiger partial charge in [-0.3, -0.25) is 4.79 Å². The zero-order valence-electron chi connectivity index (χ0n) is 11.4. The first-order chi connectivity index (χ1) is 10.0. The van der Waals surface area contributed by atoms with E-state index in [1.165, 1.54) is 6.20 Å². The molecule has 2 heterocycles. The van der Waals surface area contributed by atoms with Crippen molar-refractivity contribution < 1.29 is 18.3 Å². The summed E-state index contributed by atoms with van der Waals surface area (Å²) in [4.78, 5) is 17.4. The number of aromatic amines is 1. The van der Waals surface area contributed by atoms with Gasteiger partial charge in [-0.25, -0.2) is 18.1 Å². The topological polar surface area (TPSA) is 112 Å². The molecule has 0 aliphatic rings. The van der Waals surface area contributed by atoms with Crippen LogP contribution in [0.4, 0.5) is 0 Å². The van der Waals surface area contributed by atoms with Crippen LogP contribution in [-0.2, 0) is 14.8 Å². The SMILES string of the molecule is O=C(O)CCCCCNS(=O)(=O)c1c[nH]c2ncccc12. The highest BCUT2D eigenvalue weighted by atomic mass is 32.2. The summed E-state index contributed by atoms with van der Waals surface area (Å²) in [7, 11) is -3.58. The number of H-pyrrole nitrogens is 1. The maximum atomic E-state index is 12.2. The number of pyridine rings is 1. The van der Waals surface area contributed by atoms with E-state index in [-0.39, 0.29) is 17.9 Å². The molecule has 21 heavy (non-hydrogen) atoms. The van der Waals surface area contributed by atoms with Crippen molar-refractivity contribution in [2.24, 2.45) is 0 Å². The molecule has 0 atom stereocenters. The molecule has 0 amide bonds. The van der Waals surface area contributed by atoms with E-state index >= 15 is 0 Å². The van der Waals surface area contributed by atoms with Gasteiger partial charge in [0.25, 0.3) is 0 Å². The van der Waals surface area contributed by atoms with Crippen LogP contribution in [-0.4, -0.2) is 36.0 Å². The lowest BCUT2D eigenvalue weighted by Crippen LogP contribution is -2.24. The Kier molecular flexibility index (Phi) is 4.92. The van der Waals surface area contributed by atoms with Crippen LogP contribution in [0.5, 0.6) is 0 Å². The number of rotatable bonds is 8. The van der Waals surface area contributed by atoms with Gasteiger partial charge in [0.2, 0.25) is 10.0 Å². The molecule has 0 spiro atoms. The van der Waals surface area contributed by atoms with Crippen LogP contribution >= 0.6 is 0 Å². The molecule has 0 fully saturated rings. The number of aliphatic carboxylic acids is 1. The van der Waals surface area contributed by atoms with Gasteiger partial charge in [-0.1, -0.05) is 6.42 Å². The molecule has 2 rings (SSSR count). The van der Waals surface area contributed by atoms with Gasteiger partial charge in [-0.2, -0.15) is 0 Å². The van der Waals surface area contributed by atoms with Gasteiger partial charge in [0, 0.05) is 30.7 Å². The summed E-state index contributed by atoms with van der Waals surface area (Å²) in [5, 5.41) is 9.06. The van der Waals surface area contributed by atoms with E-state index in [0.29, 0.717) is 30.3 Å². The van der Waals surface area contributed by atoms with Crippen molar-refractivity contribution in [3.05, 3.63) is 24.5 Å². The zero-order valence-corrected chi connectivity index (χ0v) is 12.2. The van der Waals surface area contributed by atoms with Gasteiger partial charge in [-0.05, 0) is 25.0 Å². The number of carboxylic acid groups (broad SMARTS) is 1. The van der Waals surface area contributed by atoms with Crippen LogP contribution < -0.4 is 4.72 Å². The maximum Gasteiger partial charge on any atom is 0.303 e. The van der Waals surface area contributed by atoms with E-state index in [1.54, 1.807) is 18.3 Å². The van der Waals surface area contributed by atoms with Crippen LogP contribution in [0.3, 0.4) is 0 Å². The van der Waals surface area contributed by atoms with Crippen LogP contribution in [0.2, 0.25) is 0 Å². The number of hydrogen-bond acceptors (Lipinski definition) is 4. The number of unbranched alkanes of at least 4 members (excludes halogenated alkanes) is 2. The monoisotopic (exact) mass is 311 g/mol. The summed E-state index contributed by atoms with van der Waals surface area (Å²) in [6.07, 6.45) is 4.95. The molecule has 0 aromatic carbocycles. The predicted octanol–water partition coefficient (Wildman–Crippen LogP) is 1.49. The molecule has 114 valence electrons. The molecule has 0 saturated carbocycles. The molecular weight excluding hydrogens is 294 g/mol. The molecule has 0 bridgehead atoms. The normalized spacial score (nSPS) is 11.8. The highest BCUT2D eigenvalue weighted by Gasteiger charge is 2.18. The Balaban J connectivity index is 1.92. The van der Waals surface area contributed by atoms with Gasteiger partial charge in [0.05, 0.1) is 0 Å². The summed E-state index contributed by atoms with van der Waals surface area (Å²) >= 11 is 0. The minimum absolute atomic E-state index is 0.112. The number of carboxylic acids is 1. The standard InChI is InChI=1S/C13H17N3O4S/c17-12(18)6-2-1-3-8-16-21(19,20)11-9-15-13-10(11)5-4-7-14-13/h4-5,7,9,16H,1-3,6,8H2,(H,14,15)(H,17,18). The van der Waals surface area contributed by atoms with Gasteiger partial charge >= 0.3 is 5.97 Å². The van der Waals surface area contributed by atoms with Gasteiger partial charge < -0.3 is 10.1 Å². The van der Waals surface area contributed by atoms with Crippen molar-refractivity contribution >= 4 is 27.0 Å². The lowest BCUT2D eigenvalue weighted by Gasteiger charge is -2.05. The van der Waals surface area contributed by atoms with Crippen LogP contribution in [0.15, 0.2) is 29.4 Å². The average Bonchev–Trinajstić information content (AvgIpc) is 2.87. The molecule has 2 aromatic rings. The first kappa shape index (κ1) is 15.5. The third kappa shape index (κ3) is 4.02. The number of fused-ring (bicyclic) bond motifs is 1.